The summed E-state index contributed by atoms with van der Waals surface area (Å²) in [5, 5.41) is 14.0. The van der Waals surface area contributed by atoms with Crippen molar-refractivity contribution in [2.45, 2.75) is 13.3 Å². The van der Waals surface area contributed by atoms with Gasteiger partial charge in [-0.2, -0.15) is 0 Å². The lowest BCUT2D eigenvalue weighted by Gasteiger charge is -2.08. The minimum absolute atomic E-state index is 0.0715. The van der Waals surface area contributed by atoms with E-state index in [2.05, 4.69) is 5.32 Å². The lowest BCUT2D eigenvalue weighted by molar-refractivity contribution is -0.385. The highest BCUT2D eigenvalue weighted by Gasteiger charge is 2.16. The summed E-state index contributed by atoms with van der Waals surface area (Å²) >= 11 is 0. The molecule has 0 bridgehead atoms. The van der Waals surface area contributed by atoms with E-state index in [1.54, 1.807) is 12.1 Å². The van der Waals surface area contributed by atoms with Crippen LogP contribution in [-0.4, -0.2) is 31.7 Å². The van der Waals surface area contributed by atoms with Gasteiger partial charge in [0.25, 0.3) is 0 Å². The monoisotopic (exact) mass is 254 g/mol. The Labute approximate surface area is 106 Å². The van der Waals surface area contributed by atoms with Crippen LogP contribution in [0.3, 0.4) is 0 Å². The minimum Gasteiger partial charge on any atom is -0.496 e. The number of benzene rings is 1. The summed E-state index contributed by atoms with van der Waals surface area (Å²) in [6.45, 7) is 4.21. The highest BCUT2D eigenvalue weighted by atomic mass is 16.6. The maximum atomic E-state index is 10.9. The van der Waals surface area contributed by atoms with Crippen molar-refractivity contribution >= 4 is 5.69 Å². The van der Waals surface area contributed by atoms with Gasteiger partial charge in [0.05, 0.1) is 24.7 Å². The fraction of sp³-hybridized carbons (Fsp3) is 0.500. The van der Waals surface area contributed by atoms with Crippen LogP contribution in [0.4, 0.5) is 5.69 Å². The molecule has 0 amide bonds. The first kappa shape index (κ1) is 14.2. The Hall–Kier alpha value is -1.82. The molecule has 0 aliphatic carbocycles. The first-order chi connectivity index (χ1) is 8.69. The molecule has 1 aromatic rings. The molecular formula is C12H18N2O4. The molecule has 0 atom stereocenters. The maximum Gasteiger partial charge on any atom is 0.314 e. The number of nitrogens with one attached hydrogen (secondary N) is 1. The predicted octanol–water partition coefficient (Wildman–Crippen LogP) is 1.98. The molecule has 18 heavy (non-hydrogen) atoms. The van der Waals surface area contributed by atoms with Crippen molar-refractivity contribution in [3.05, 3.63) is 28.3 Å². The molecule has 1 aromatic carbocycles. The van der Waals surface area contributed by atoms with Crippen molar-refractivity contribution in [3.8, 4) is 11.5 Å². The van der Waals surface area contributed by atoms with Crippen LogP contribution >= 0.6 is 0 Å². The molecule has 0 radical (unpaired) electrons. The van der Waals surface area contributed by atoms with E-state index >= 15 is 0 Å². The minimum atomic E-state index is -0.470. The second kappa shape index (κ2) is 7.50. The topological polar surface area (TPSA) is 73.6 Å². The lowest BCUT2D eigenvalue weighted by Crippen LogP contribution is -2.16. The number of nitro benzene ring substituents is 1. The molecule has 0 fully saturated rings. The number of ether oxygens (including phenoxy) is 2. The van der Waals surface area contributed by atoms with Crippen LogP contribution in [0.2, 0.25) is 0 Å². The smallest absolute Gasteiger partial charge is 0.314 e. The quantitative estimate of drug-likeness (QED) is 0.436. The average Bonchev–Trinajstić information content (AvgIpc) is 2.38. The van der Waals surface area contributed by atoms with Crippen molar-refractivity contribution in [1.82, 2.24) is 5.32 Å². The molecule has 0 aliphatic heterocycles. The van der Waals surface area contributed by atoms with Crippen LogP contribution in [0, 0.1) is 10.1 Å². The van der Waals surface area contributed by atoms with Gasteiger partial charge in [-0.05, 0) is 31.6 Å². The molecule has 1 N–H and O–H groups in total. The Morgan fingerprint density at radius 3 is 2.83 bits per heavy atom. The van der Waals surface area contributed by atoms with Gasteiger partial charge >= 0.3 is 5.69 Å². The second-order valence-electron chi connectivity index (χ2n) is 3.65. The zero-order valence-corrected chi connectivity index (χ0v) is 10.6. The van der Waals surface area contributed by atoms with Gasteiger partial charge in [0.2, 0.25) is 0 Å². The van der Waals surface area contributed by atoms with E-state index in [0.29, 0.717) is 12.4 Å². The summed E-state index contributed by atoms with van der Waals surface area (Å²) in [4.78, 5) is 10.4. The van der Waals surface area contributed by atoms with Gasteiger partial charge in [-0.25, -0.2) is 0 Å². The fourth-order valence-corrected chi connectivity index (χ4v) is 1.44. The predicted molar refractivity (Wildman–Crippen MR) is 68.3 cm³/mol. The van der Waals surface area contributed by atoms with Gasteiger partial charge < -0.3 is 14.8 Å². The number of nitro groups is 1. The Morgan fingerprint density at radius 1 is 1.44 bits per heavy atom. The number of methoxy groups -OCH3 is 1. The molecular weight excluding hydrogens is 236 g/mol. The van der Waals surface area contributed by atoms with E-state index in [9.17, 15) is 10.1 Å². The molecule has 6 nitrogen and oxygen atoms in total. The summed E-state index contributed by atoms with van der Waals surface area (Å²) in [5.74, 6) is 0.721. The average molecular weight is 254 g/mol. The van der Waals surface area contributed by atoms with Gasteiger partial charge in [0.15, 0.2) is 5.75 Å². The van der Waals surface area contributed by atoms with Gasteiger partial charge in [-0.1, -0.05) is 6.92 Å². The van der Waals surface area contributed by atoms with Gasteiger partial charge in [0.1, 0.15) is 5.75 Å². The zero-order valence-electron chi connectivity index (χ0n) is 10.6. The SMILES string of the molecule is CCNCCCOc1ccc(OC)cc1[N+](=O)[O-]. The standard InChI is InChI=1S/C12H18N2O4/c1-3-13-7-4-8-18-12-6-5-10(17-2)9-11(12)14(15)16/h5-6,9,13H,3-4,7-8H2,1-2H3. The van der Waals surface area contributed by atoms with Crippen LogP contribution in [0.5, 0.6) is 11.5 Å². The van der Waals surface area contributed by atoms with Crippen molar-refractivity contribution in [3.63, 3.8) is 0 Å². The van der Waals surface area contributed by atoms with Crippen molar-refractivity contribution in [2.75, 3.05) is 26.8 Å². The first-order valence-corrected chi connectivity index (χ1v) is 5.85. The number of rotatable bonds is 8. The lowest BCUT2D eigenvalue weighted by atomic mass is 10.3. The molecule has 0 unspecified atom stereocenters. The molecule has 0 saturated heterocycles. The Balaban J connectivity index is 2.61. The van der Waals surface area contributed by atoms with E-state index in [1.807, 2.05) is 6.92 Å². The van der Waals surface area contributed by atoms with Crippen molar-refractivity contribution < 1.29 is 14.4 Å². The Kier molecular flexibility index (Phi) is 5.93. The number of nitrogens with zero attached hydrogens (tertiary/aromatic N) is 1. The van der Waals surface area contributed by atoms with Crippen LogP contribution in [-0.2, 0) is 0 Å². The molecule has 6 heteroatoms. The summed E-state index contributed by atoms with van der Waals surface area (Å²) in [6, 6.07) is 4.57. The summed E-state index contributed by atoms with van der Waals surface area (Å²) in [7, 11) is 1.47. The third-order valence-electron chi connectivity index (χ3n) is 2.37. The third kappa shape index (κ3) is 4.21. The second-order valence-corrected chi connectivity index (χ2v) is 3.65. The van der Waals surface area contributed by atoms with Crippen LogP contribution in [0.1, 0.15) is 13.3 Å². The van der Waals surface area contributed by atoms with Gasteiger partial charge in [-0.15, -0.1) is 0 Å². The third-order valence-corrected chi connectivity index (χ3v) is 2.37. The maximum absolute atomic E-state index is 10.9. The first-order valence-electron chi connectivity index (χ1n) is 5.85. The number of hydrogen-bond donors (Lipinski definition) is 1. The molecule has 0 saturated carbocycles. The summed E-state index contributed by atoms with van der Waals surface area (Å²) in [6.07, 6.45) is 0.803. The van der Waals surface area contributed by atoms with E-state index in [4.69, 9.17) is 9.47 Å². The van der Waals surface area contributed by atoms with Crippen LogP contribution in [0.25, 0.3) is 0 Å². The Bertz CT molecular complexity index is 396. The highest BCUT2D eigenvalue weighted by Crippen LogP contribution is 2.30. The normalized spacial score (nSPS) is 10.1. The zero-order chi connectivity index (χ0) is 13.4. The number of hydrogen-bond acceptors (Lipinski definition) is 5. The van der Waals surface area contributed by atoms with E-state index < -0.39 is 4.92 Å². The van der Waals surface area contributed by atoms with Crippen LogP contribution in [0.15, 0.2) is 18.2 Å². The summed E-state index contributed by atoms with van der Waals surface area (Å²) < 4.78 is 10.4. The largest absolute Gasteiger partial charge is 0.496 e. The van der Waals surface area contributed by atoms with Crippen LogP contribution < -0.4 is 14.8 Å². The fourth-order valence-electron chi connectivity index (χ4n) is 1.44. The van der Waals surface area contributed by atoms with E-state index in [-0.39, 0.29) is 11.4 Å². The van der Waals surface area contributed by atoms with E-state index in [1.165, 1.54) is 13.2 Å². The van der Waals surface area contributed by atoms with Gasteiger partial charge in [-0.3, -0.25) is 10.1 Å². The highest BCUT2D eigenvalue weighted by molar-refractivity contribution is 5.50. The molecule has 100 valence electrons. The van der Waals surface area contributed by atoms with Crippen molar-refractivity contribution in [2.24, 2.45) is 0 Å². The van der Waals surface area contributed by atoms with Crippen molar-refractivity contribution in [1.29, 1.82) is 0 Å². The molecule has 0 aromatic heterocycles. The van der Waals surface area contributed by atoms with Gasteiger partial charge in [0, 0.05) is 0 Å². The summed E-state index contributed by atoms with van der Waals surface area (Å²) in [5.41, 5.74) is -0.0715. The molecule has 1 rings (SSSR count). The molecule has 0 aliphatic rings. The molecule has 0 spiro atoms. The Morgan fingerprint density at radius 2 is 2.22 bits per heavy atom. The van der Waals surface area contributed by atoms with E-state index in [0.717, 1.165) is 19.5 Å². The molecule has 0 heterocycles.